The van der Waals surface area contributed by atoms with Crippen molar-refractivity contribution in [2.45, 2.75) is 44.9 Å². The highest BCUT2D eigenvalue weighted by atomic mass is 35.5. The lowest BCUT2D eigenvalue weighted by molar-refractivity contribution is 0.477. The van der Waals surface area contributed by atoms with Gasteiger partial charge in [-0.25, -0.2) is 0 Å². The van der Waals surface area contributed by atoms with E-state index in [0.717, 1.165) is 48.6 Å². The Balaban J connectivity index is 1.82. The van der Waals surface area contributed by atoms with E-state index >= 15 is 0 Å². The predicted molar refractivity (Wildman–Crippen MR) is 119 cm³/mol. The molecule has 10 heteroatoms. The van der Waals surface area contributed by atoms with E-state index in [4.69, 9.17) is 23.2 Å². The second-order valence-corrected chi connectivity index (χ2v) is 8.44. The van der Waals surface area contributed by atoms with Crippen molar-refractivity contribution in [3.63, 3.8) is 0 Å². The van der Waals surface area contributed by atoms with E-state index in [9.17, 15) is 0 Å². The zero-order valence-corrected chi connectivity index (χ0v) is 19.4. The van der Waals surface area contributed by atoms with Gasteiger partial charge in [0.25, 0.3) is 0 Å². The molecule has 0 spiro atoms. The van der Waals surface area contributed by atoms with E-state index in [1.54, 1.807) is 18.8 Å². The number of rotatable bonds is 9. The van der Waals surface area contributed by atoms with Gasteiger partial charge in [-0.1, -0.05) is 48.8 Å². The Kier molecular flexibility index (Phi) is 8.98. The number of guanidine groups is 1. The van der Waals surface area contributed by atoms with Crippen molar-refractivity contribution < 1.29 is 0 Å². The standard InChI is InChI=1S/C18H29Cl2N7S/c1-12(2)11-27-15(24-25-18(27)28-5)7-6-8-22-17(21-3)23-10-13-9-14(19)16(20)26(13)4/h9,12H,6-8,10-11H2,1-5H3,(H2,21,22,23). The molecule has 2 rings (SSSR count). The number of thioether (sulfide) groups is 1. The summed E-state index contributed by atoms with van der Waals surface area (Å²) in [6.45, 7) is 6.73. The fourth-order valence-corrected chi connectivity index (χ4v) is 3.75. The Bertz CT molecular complexity index is 798. The molecule has 0 aromatic carbocycles. The monoisotopic (exact) mass is 445 g/mol. The quantitative estimate of drug-likeness (QED) is 0.267. The van der Waals surface area contributed by atoms with Gasteiger partial charge in [-0.3, -0.25) is 4.99 Å². The van der Waals surface area contributed by atoms with Crippen LogP contribution in [0, 0.1) is 5.92 Å². The molecule has 2 heterocycles. The minimum Gasteiger partial charge on any atom is -0.356 e. The van der Waals surface area contributed by atoms with Gasteiger partial charge in [-0.05, 0) is 24.7 Å². The third-order valence-corrected chi connectivity index (χ3v) is 5.78. The first-order chi connectivity index (χ1) is 13.4. The maximum absolute atomic E-state index is 6.11. The van der Waals surface area contributed by atoms with Gasteiger partial charge in [0.15, 0.2) is 11.1 Å². The van der Waals surface area contributed by atoms with Gasteiger partial charge in [0.2, 0.25) is 0 Å². The lowest BCUT2D eigenvalue weighted by atomic mass is 10.2. The first kappa shape index (κ1) is 22.9. The van der Waals surface area contributed by atoms with E-state index in [1.807, 2.05) is 23.9 Å². The van der Waals surface area contributed by atoms with Gasteiger partial charge >= 0.3 is 0 Å². The van der Waals surface area contributed by atoms with Crippen LogP contribution in [0.4, 0.5) is 0 Å². The third-order valence-electron chi connectivity index (χ3n) is 4.27. The molecule has 7 nitrogen and oxygen atoms in total. The highest BCUT2D eigenvalue weighted by Crippen LogP contribution is 2.24. The molecule has 2 N–H and O–H groups in total. The van der Waals surface area contributed by atoms with Crippen molar-refractivity contribution in [3.8, 4) is 0 Å². The number of aryl methyl sites for hydroxylation is 1. The molecular weight excluding hydrogens is 417 g/mol. The normalized spacial score (nSPS) is 12.1. The highest BCUT2D eigenvalue weighted by Gasteiger charge is 2.13. The number of hydrogen-bond acceptors (Lipinski definition) is 4. The molecule has 0 aliphatic carbocycles. The predicted octanol–water partition coefficient (Wildman–Crippen LogP) is 3.60. The van der Waals surface area contributed by atoms with Crippen LogP contribution in [-0.4, -0.2) is 45.1 Å². The first-order valence-electron chi connectivity index (χ1n) is 9.27. The summed E-state index contributed by atoms with van der Waals surface area (Å²) in [4.78, 5) is 4.26. The maximum Gasteiger partial charge on any atom is 0.191 e. The van der Waals surface area contributed by atoms with Gasteiger partial charge in [0.05, 0.1) is 11.6 Å². The number of nitrogens with one attached hydrogen (secondary N) is 2. The van der Waals surface area contributed by atoms with Crippen LogP contribution < -0.4 is 10.6 Å². The molecule has 2 aromatic rings. The first-order valence-corrected chi connectivity index (χ1v) is 11.3. The van der Waals surface area contributed by atoms with Gasteiger partial charge in [-0.2, -0.15) is 0 Å². The summed E-state index contributed by atoms with van der Waals surface area (Å²) in [7, 11) is 3.64. The SMILES string of the molecule is CN=C(NCCCc1nnc(SC)n1CC(C)C)NCc1cc(Cl)c(Cl)n1C. The molecule has 0 fully saturated rings. The Labute approximate surface area is 181 Å². The van der Waals surface area contributed by atoms with Gasteiger partial charge in [0.1, 0.15) is 11.0 Å². The molecule has 0 unspecified atom stereocenters. The van der Waals surface area contributed by atoms with Gasteiger partial charge in [0, 0.05) is 39.3 Å². The molecule has 156 valence electrons. The molecule has 0 bridgehead atoms. The van der Waals surface area contributed by atoms with Crippen LogP contribution in [0.25, 0.3) is 0 Å². The van der Waals surface area contributed by atoms with Crippen molar-refractivity contribution in [2.75, 3.05) is 19.8 Å². The Morgan fingerprint density at radius 2 is 2.04 bits per heavy atom. The van der Waals surface area contributed by atoms with E-state index in [-0.39, 0.29) is 0 Å². The van der Waals surface area contributed by atoms with Crippen LogP contribution in [0.1, 0.15) is 31.8 Å². The van der Waals surface area contributed by atoms with Crippen LogP contribution in [0.3, 0.4) is 0 Å². The smallest absolute Gasteiger partial charge is 0.191 e. The van der Waals surface area contributed by atoms with Crippen molar-refractivity contribution in [1.29, 1.82) is 0 Å². The van der Waals surface area contributed by atoms with Crippen LogP contribution >= 0.6 is 35.0 Å². The minimum atomic E-state index is 0.538. The lowest BCUT2D eigenvalue weighted by Gasteiger charge is -2.13. The molecule has 0 aliphatic heterocycles. The number of aliphatic imine (C=N–C) groups is 1. The molecule has 0 atom stereocenters. The Morgan fingerprint density at radius 3 is 2.61 bits per heavy atom. The summed E-state index contributed by atoms with van der Waals surface area (Å²) in [5.41, 5.74) is 0.990. The molecule has 2 aromatic heterocycles. The largest absolute Gasteiger partial charge is 0.356 e. The van der Waals surface area contributed by atoms with E-state index in [0.29, 0.717) is 22.6 Å². The summed E-state index contributed by atoms with van der Waals surface area (Å²) in [6, 6.07) is 1.86. The highest BCUT2D eigenvalue weighted by molar-refractivity contribution is 7.98. The molecular formula is C18H29Cl2N7S. The molecule has 28 heavy (non-hydrogen) atoms. The van der Waals surface area contributed by atoms with E-state index in [1.165, 1.54) is 0 Å². The van der Waals surface area contributed by atoms with Gasteiger partial charge in [-0.15, -0.1) is 10.2 Å². The second-order valence-electron chi connectivity index (χ2n) is 6.90. The van der Waals surface area contributed by atoms with Crippen molar-refractivity contribution >= 4 is 40.9 Å². The average molecular weight is 446 g/mol. The van der Waals surface area contributed by atoms with E-state index < -0.39 is 0 Å². The molecule has 0 radical (unpaired) electrons. The summed E-state index contributed by atoms with van der Waals surface area (Å²) >= 11 is 13.8. The van der Waals surface area contributed by atoms with Crippen LogP contribution in [0.15, 0.2) is 16.2 Å². The zero-order valence-electron chi connectivity index (χ0n) is 17.1. The zero-order chi connectivity index (χ0) is 20.7. The fraction of sp³-hybridized carbons (Fsp3) is 0.611. The Hall–Kier alpha value is -1.38. The third kappa shape index (κ3) is 6.06. The number of halogens is 2. The Morgan fingerprint density at radius 1 is 1.29 bits per heavy atom. The van der Waals surface area contributed by atoms with E-state index in [2.05, 4.69) is 44.2 Å². The molecule has 0 amide bonds. The topological polar surface area (TPSA) is 72.1 Å². The summed E-state index contributed by atoms with van der Waals surface area (Å²) in [6.07, 6.45) is 3.84. The van der Waals surface area contributed by atoms with Crippen LogP contribution in [-0.2, 0) is 26.6 Å². The fourth-order valence-electron chi connectivity index (χ4n) is 2.81. The maximum atomic E-state index is 6.11. The molecule has 0 saturated carbocycles. The summed E-state index contributed by atoms with van der Waals surface area (Å²) in [5.74, 6) is 2.33. The van der Waals surface area contributed by atoms with Crippen molar-refractivity contribution in [3.05, 3.63) is 27.8 Å². The van der Waals surface area contributed by atoms with Crippen LogP contribution in [0.5, 0.6) is 0 Å². The number of aromatic nitrogens is 4. The minimum absolute atomic E-state index is 0.538. The molecule has 0 saturated heterocycles. The van der Waals surface area contributed by atoms with Crippen molar-refractivity contribution in [1.82, 2.24) is 30.0 Å². The summed E-state index contributed by atoms with van der Waals surface area (Å²) in [5, 5.41) is 17.3. The molecule has 0 aliphatic rings. The van der Waals surface area contributed by atoms with Crippen LogP contribution in [0.2, 0.25) is 10.2 Å². The number of hydrogen-bond donors (Lipinski definition) is 2. The second kappa shape index (κ2) is 11.0. The van der Waals surface area contributed by atoms with Crippen molar-refractivity contribution in [2.24, 2.45) is 18.0 Å². The average Bonchev–Trinajstić information content (AvgIpc) is 3.16. The number of nitrogens with zero attached hydrogens (tertiary/aromatic N) is 5. The summed E-state index contributed by atoms with van der Waals surface area (Å²) < 4.78 is 4.08. The lowest BCUT2D eigenvalue weighted by Crippen LogP contribution is -2.37. The van der Waals surface area contributed by atoms with Gasteiger partial charge < -0.3 is 19.8 Å².